The summed E-state index contributed by atoms with van der Waals surface area (Å²) in [5.74, 6) is -0.105. The lowest BCUT2D eigenvalue weighted by Gasteiger charge is -2.09. The molecule has 5 nitrogen and oxygen atoms in total. The molecule has 0 atom stereocenters. The van der Waals surface area contributed by atoms with E-state index in [2.05, 4.69) is 9.97 Å². The Bertz CT molecular complexity index is 617. The zero-order valence-electron chi connectivity index (χ0n) is 10.5. The third-order valence-electron chi connectivity index (χ3n) is 2.56. The molecule has 2 rings (SSSR count). The summed E-state index contributed by atoms with van der Waals surface area (Å²) in [4.78, 5) is 19.1. The van der Waals surface area contributed by atoms with Crippen LogP contribution in [0.3, 0.4) is 0 Å². The van der Waals surface area contributed by atoms with E-state index >= 15 is 0 Å². The third-order valence-corrected chi connectivity index (χ3v) is 3.20. The van der Waals surface area contributed by atoms with E-state index in [1.807, 2.05) is 6.26 Å². The molecule has 0 aliphatic carbocycles. The maximum atomic E-state index is 11.0. The minimum atomic E-state index is -0.976. The van der Waals surface area contributed by atoms with Crippen molar-refractivity contribution in [1.82, 2.24) is 9.97 Å². The van der Waals surface area contributed by atoms with Gasteiger partial charge in [-0.15, -0.1) is 11.8 Å². The van der Waals surface area contributed by atoms with Crippen molar-refractivity contribution in [2.75, 3.05) is 6.26 Å². The predicted molar refractivity (Wildman–Crippen MR) is 72.0 cm³/mol. The van der Waals surface area contributed by atoms with Crippen molar-refractivity contribution in [3.05, 3.63) is 41.7 Å². The first-order valence-electron chi connectivity index (χ1n) is 5.48. The van der Waals surface area contributed by atoms with E-state index in [1.54, 1.807) is 25.1 Å². The van der Waals surface area contributed by atoms with Crippen molar-refractivity contribution in [1.29, 1.82) is 0 Å². The molecule has 6 heteroatoms. The molecule has 0 bridgehead atoms. The van der Waals surface area contributed by atoms with Crippen LogP contribution in [0.2, 0.25) is 0 Å². The first-order chi connectivity index (χ1) is 9.11. The van der Waals surface area contributed by atoms with Gasteiger partial charge in [0.15, 0.2) is 0 Å². The smallest absolute Gasteiger partial charge is 0.336 e. The van der Waals surface area contributed by atoms with E-state index in [1.165, 1.54) is 24.2 Å². The Balaban J connectivity index is 2.33. The number of benzene rings is 1. The van der Waals surface area contributed by atoms with Gasteiger partial charge in [-0.2, -0.15) is 0 Å². The zero-order valence-corrected chi connectivity index (χ0v) is 11.3. The van der Waals surface area contributed by atoms with Gasteiger partial charge < -0.3 is 9.84 Å². The van der Waals surface area contributed by atoms with Crippen LogP contribution in [0.25, 0.3) is 0 Å². The van der Waals surface area contributed by atoms with E-state index < -0.39 is 5.97 Å². The first kappa shape index (κ1) is 13.4. The van der Waals surface area contributed by atoms with Gasteiger partial charge in [-0.25, -0.2) is 14.8 Å². The van der Waals surface area contributed by atoms with E-state index in [9.17, 15) is 4.79 Å². The molecule has 1 aromatic heterocycles. The van der Waals surface area contributed by atoms with Crippen molar-refractivity contribution >= 4 is 17.7 Å². The van der Waals surface area contributed by atoms with Crippen LogP contribution in [0.1, 0.15) is 15.9 Å². The fourth-order valence-corrected chi connectivity index (χ4v) is 1.93. The Morgan fingerprint density at radius 1 is 1.37 bits per heavy atom. The number of aromatic nitrogens is 2. The number of carbonyl (C=O) groups is 1. The van der Waals surface area contributed by atoms with Crippen molar-refractivity contribution in [2.24, 2.45) is 0 Å². The van der Waals surface area contributed by atoms with Gasteiger partial charge in [0, 0.05) is 11.6 Å². The van der Waals surface area contributed by atoms with Gasteiger partial charge >= 0.3 is 5.97 Å². The summed E-state index contributed by atoms with van der Waals surface area (Å²) in [6, 6.07) is 6.60. The number of hydrogen-bond acceptors (Lipinski definition) is 5. The highest BCUT2D eigenvalue weighted by molar-refractivity contribution is 7.98. The normalized spacial score (nSPS) is 10.2. The van der Waals surface area contributed by atoms with Gasteiger partial charge in [-0.05, 0) is 25.3 Å². The van der Waals surface area contributed by atoms with Crippen LogP contribution in [0.15, 0.2) is 35.6 Å². The fourth-order valence-electron chi connectivity index (χ4n) is 1.56. The summed E-state index contributed by atoms with van der Waals surface area (Å²) < 4.78 is 5.61. The summed E-state index contributed by atoms with van der Waals surface area (Å²) in [5, 5.41) is 9.84. The third kappa shape index (κ3) is 3.03. The molecule has 2 aromatic rings. The lowest BCUT2D eigenvalue weighted by atomic mass is 10.1. The summed E-state index contributed by atoms with van der Waals surface area (Å²) in [6.07, 6.45) is 3.32. The first-order valence-corrected chi connectivity index (χ1v) is 6.71. The number of hydrogen-bond donors (Lipinski definition) is 1. The van der Waals surface area contributed by atoms with Crippen LogP contribution in [0, 0.1) is 6.92 Å². The van der Waals surface area contributed by atoms with Crippen molar-refractivity contribution in [3.8, 4) is 11.6 Å². The standard InChI is InChI=1S/C13H12N2O3S/c1-8-9(13(16)17)4-3-5-10(8)18-11-6-12(19-2)15-7-14-11/h3-7H,1-2H3,(H,16,17). The quantitative estimate of drug-likeness (QED) is 0.683. The van der Waals surface area contributed by atoms with Gasteiger partial charge in [0.1, 0.15) is 17.1 Å². The van der Waals surface area contributed by atoms with Crippen molar-refractivity contribution in [3.63, 3.8) is 0 Å². The molecule has 0 spiro atoms. The largest absolute Gasteiger partial charge is 0.478 e. The van der Waals surface area contributed by atoms with Crippen LogP contribution in [-0.4, -0.2) is 27.3 Å². The maximum absolute atomic E-state index is 11.0. The van der Waals surface area contributed by atoms with E-state index in [4.69, 9.17) is 9.84 Å². The molecule has 0 fully saturated rings. The summed E-state index contributed by atoms with van der Waals surface area (Å²) in [6.45, 7) is 1.70. The number of thioether (sulfide) groups is 1. The second-order valence-corrected chi connectivity index (χ2v) is 4.56. The minimum Gasteiger partial charge on any atom is -0.478 e. The molecule has 98 valence electrons. The Morgan fingerprint density at radius 2 is 2.16 bits per heavy atom. The molecule has 19 heavy (non-hydrogen) atoms. The SMILES string of the molecule is CSc1cc(Oc2cccc(C(=O)O)c2C)ncn1. The number of carboxylic acids is 1. The number of ether oxygens (including phenoxy) is 1. The molecule has 0 saturated carbocycles. The van der Waals surface area contributed by atoms with Gasteiger partial charge in [0.2, 0.25) is 5.88 Å². The molecular formula is C13H12N2O3S. The second kappa shape index (κ2) is 5.71. The number of nitrogens with zero attached hydrogens (tertiary/aromatic N) is 2. The lowest BCUT2D eigenvalue weighted by molar-refractivity contribution is 0.0695. The van der Waals surface area contributed by atoms with Crippen LogP contribution in [0.5, 0.6) is 11.6 Å². The summed E-state index contributed by atoms with van der Waals surface area (Å²) in [7, 11) is 0. The maximum Gasteiger partial charge on any atom is 0.336 e. The average molecular weight is 276 g/mol. The molecule has 0 unspecified atom stereocenters. The number of carboxylic acid groups (broad SMARTS) is 1. The number of rotatable bonds is 4. The molecule has 0 amide bonds. The van der Waals surface area contributed by atoms with Gasteiger partial charge in [-0.1, -0.05) is 6.07 Å². The monoisotopic (exact) mass is 276 g/mol. The molecule has 0 aliphatic heterocycles. The molecule has 1 heterocycles. The number of aromatic carboxylic acids is 1. The van der Waals surface area contributed by atoms with Crippen LogP contribution in [0.4, 0.5) is 0 Å². The Kier molecular flexibility index (Phi) is 4.01. The second-order valence-electron chi connectivity index (χ2n) is 3.73. The lowest BCUT2D eigenvalue weighted by Crippen LogP contribution is -2.01. The molecule has 1 aromatic carbocycles. The molecule has 0 aliphatic rings. The summed E-state index contributed by atoms with van der Waals surface area (Å²) in [5.41, 5.74) is 0.788. The molecular weight excluding hydrogens is 264 g/mol. The highest BCUT2D eigenvalue weighted by Crippen LogP contribution is 2.27. The zero-order chi connectivity index (χ0) is 13.8. The highest BCUT2D eigenvalue weighted by Gasteiger charge is 2.12. The van der Waals surface area contributed by atoms with Gasteiger partial charge in [0.05, 0.1) is 5.56 Å². The van der Waals surface area contributed by atoms with E-state index in [-0.39, 0.29) is 5.56 Å². The van der Waals surface area contributed by atoms with E-state index in [0.717, 1.165) is 5.03 Å². The topological polar surface area (TPSA) is 72.3 Å². The Morgan fingerprint density at radius 3 is 2.84 bits per heavy atom. The van der Waals surface area contributed by atoms with Crippen LogP contribution in [-0.2, 0) is 0 Å². The molecule has 0 radical (unpaired) electrons. The van der Waals surface area contributed by atoms with Crippen LogP contribution >= 0.6 is 11.8 Å². The summed E-state index contributed by atoms with van der Waals surface area (Å²) >= 11 is 1.48. The van der Waals surface area contributed by atoms with Crippen molar-refractivity contribution < 1.29 is 14.6 Å². The highest BCUT2D eigenvalue weighted by atomic mass is 32.2. The Hall–Kier alpha value is -2.08. The fraction of sp³-hybridized carbons (Fsp3) is 0.154. The average Bonchev–Trinajstić information content (AvgIpc) is 2.41. The van der Waals surface area contributed by atoms with Crippen LogP contribution < -0.4 is 4.74 Å². The molecule has 1 N–H and O–H groups in total. The predicted octanol–water partition coefficient (Wildman–Crippen LogP) is 3.00. The molecule has 0 saturated heterocycles. The van der Waals surface area contributed by atoms with Gasteiger partial charge in [0.25, 0.3) is 0 Å². The van der Waals surface area contributed by atoms with Gasteiger partial charge in [-0.3, -0.25) is 0 Å². The Labute approximate surface area is 114 Å². The minimum absolute atomic E-state index is 0.219. The van der Waals surface area contributed by atoms with E-state index in [0.29, 0.717) is 17.2 Å². The van der Waals surface area contributed by atoms with Crippen molar-refractivity contribution in [2.45, 2.75) is 11.9 Å².